The van der Waals surface area contributed by atoms with E-state index in [9.17, 15) is 9.90 Å². The summed E-state index contributed by atoms with van der Waals surface area (Å²) in [5.41, 5.74) is 0.689. The van der Waals surface area contributed by atoms with Gasteiger partial charge in [0.15, 0.2) is 0 Å². The zero-order valence-corrected chi connectivity index (χ0v) is 16.1. The summed E-state index contributed by atoms with van der Waals surface area (Å²) in [7, 11) is 0. The number of hydrogen-bond acceptors (Lipinski definition) is 4. The number of urea groups is 1. The number of unbranched alkanes of at least 4 members (excludes halogenated alkanes) is 1. The fourth-order valence-corrected chi connectivity index (χ4v) is 3.48. The van der Waals surface area contributed by atoms with Gasteiger partial charge < -0.3 is 20.5 Å². The Bertz CT molecular complexity index is 739. The number of anilines is 1. The summed E-state index contributed by atoms with van der Waals surface area (Å²) in [6.45, 7) is 2.92. The Kier molecular flexibility index (Phi) is 7.70. The number of amides is 2. The molecule has 0 aromatic heterocycles. The summed E-state index contributed by atoms with van der Waals surface area (Å²) < 4.78 is 5.79. The molecule has 0 spiro atoms. The summed E-state index contributed by atoms with van der Waals surface area (Å²) in [4.78, 5) is 14.4. The van der Waals surface area contributed by atoms with Crippen molar-refractivity contribution in [3.63, 3.8) is 0 Å². The Morgan fingerprint density at radius 3 is 2.75 bits per heavy atom. The van der Waals surface area contributed by atoms with Gasteiger partial charge in [-0.1, -0.05) is 24.3 Å². The molecule has 3 N–H and O–H groups in total. The van der Waals surface area contributed by atoms with Crippen LogP contribution in [-0.2, 0) is 0 Å². The third-order valence-electron chi connectivity index (χ3n) is 4.94. The number of ether oxygens (including phenoxy) is 1. The molecule has 1 fully saturated rings. The Morgan fingerprint density at radius 1 is 1.11 bits per heavy atom. The second-order valence-electron chi connectivity index (χ2n) is 7.05. The van der Waals surface area contributed by atoms with Crippen molar-refractivity contribution < 1.29 is 14.6 Å². The molecular formula is C22H29N3O3. The first-order chi connectivity index (χ1) is 13.7. The average molecular weight is 383 g/mol. The van der Waals surface area contributed by atoms with Gasteiger partial charge in [-0.15, -0.1) is 0 Å². The molecule has 150 valence electrons. The van der Waals surface area contributed by atoms with Gasteiger partial charge in [-0.05, 0) is 63.0 Å². The molecule has 2 amide bonds. The minimum Gasteiger partial charge on any atom is -0.457 e. The van der Waals surface area contributed by atoms with Gasteiger partial charge in [0, 0.05) is 24.3 Å². The molecule has 1 heterocycles. The van der Waals surface area contributed by atoms with Crippen LogP contribution in [0, 0.1) is 0 Å². The Hall–Kier alpha value is -2.57. The molecule has 28 heavy (non-hydrogen) atoms. The molecular weight excluding hydrogens is 354 g/mol. The number of carbonyl (C=O) groups is 1. The molecule has 1 unspecified atom stereocenters. The summed E-state index contributed by atoms with van der Waals surface area (Å²) >= 11 is 0. The number of likely N-dealkylation sites (tertiary alicyclic amines) is 1. The fourth-order valence-electron chi connectivity index (χ4n) is 3.48. The number of hydrogen-bond donors (Lipinski definition) is 3. The standard InChI is InChI=1S/C22H29N3O3/c26-17-19-9-7-15-25(19)14-5-4-13-23-22(27)24-18-8-6-12-21(16-18)28-20-10-2-1-3-11-20/h1-3,6,8,10-12,16,19,26H,4-5,7,9,13-15,17H2,(H2,23,24,27). The van der Waals surface area contributed by atoms with E-state index in [1.165, 1.54) is 6.42 Å². The van der Waals surface area contributed by atoms with E-state index in [0.29, 0.717) is 24.0 Å². The van der Waals surface area contributed by atoms with Crippen molar-refractivity contribution >= 4 is 11.7 Å². The van der Waals surface area contributed by atoms with Crippen LogP contribution in [0.2, 0.25) is 0 Å². The van der Waals surface area contributed by atoms with Crippen molar-refractivity contribution in [2.45, 2.75) is 31.7 Å². The zero-order valence-electron chi connectivity index (χ0n) is 16.1. The van der Waals surface area contributed by atoms with E-state index in [2.05, 4.69) is 15.5 Å². The number of nitrogens with zero attached hydrogens (tertiary/aromatic N) is 1. The van der Waals surface area contributed by atoms with E-state index >= 15 is 0 Å². The Morgan fingerprint density at radius 2 is 1.93 bits per heavy atom. The maximum absolute atomic E-state index is 12.1. The molecule has 6 nitrogen and oxygen atoms in total. The number of para-hydroxylation sites is 1. The lowest BCUT2D eigenvalue weighted by atomic mass is 10.2. The van der Waals surface area contributed by atoms with Crippen LogP contribution in [0.3, 0.4) is 0 Å². The molecule has 0 saturated carbocycles. The highest BCUT2D eigenvalue weighted by Gasteiger charge is 2.22. The van der Waals surface area contributed by atoms with Crippen molar-refractivity contribution in [3.05, 3.63) is 54.6 Å². The lowest BCUT2D eigenvalue weighted by Crippen LogP contribution is -2.34. The normalized spacial score (nSPS) is 16.7. The molecule has 3 rings (SSSR count). The third-order valence-corrected chi connectivity index (χ3v) is 4.94. The Balaban J connectivity index is 1.36. The molecule has 2 aromatic carbocycles. The van der Waals surface area contributed by atoms with Crippen molar-refractivity contribution in [2.24, 2.45) is 0 Å². The van der Waals surface area contributed by atoms with Gasteiger partial charge in [0.1, 0.15) is 11.5 Å². The second-order valence-corrected chi connectivity index (χ2v) is 7.05. The maximum Gasteiger partial charge on any atom is 0.319 e. The third kappa shape index (κ3) is 6.25. The van der Waals surface area contributed by atoms with E-state index in [4.69, 9.17) is 4.74 Å². The SMILES string of the molecule is O=C(NCCCCN1CCCC1CO)Nc1cccc(Oc2ccccc2)c1. The predicted octanol–water partition coefficient (Wildman–Crippen LogP) is 3.84. The molecule has 0 aliphatic carbocycles. The topological polar surface area (TPSA) is 73.8 Å². The van der Waals surface area contributed by atoms with E-state index in [-0.39, 0.29) is 12.6 Å². The lowest BCUT2D eigenvalue weighted by molar-refractivity contribution is 0.157. The van der Waals surface area contributed by atoms with Crippen molar-refractivity contribution in [3.8, 4) is 11.5 Å². The molecule has 0 bridgehead atoms. The molecule has 0 radical (unpaired) electrons. The van der Waals surface area contributed by atoms with Crippen LogP contribution in [0.5, 0.6) is 11.5 Å². The molecule has 1 aliphatic heterocycles. The summed E-state index contributed by atoms with van der Waals surface area (Å²) in [5.74, 6) is 1.43. The fraction of sp³-hybridized carbons (Fsp3) is 0.409. The monoisotopic (exact) mass is 383 g/mol. The quantitative estimate of drug-likeness (QED) is 0.575. The number of carbonyl (C=O) groups excluding carboxylic acids is 1. The smallest absolute Gasteiger partial charge is 0.319 e. The van der Waals surface area contributed by atoms with Crippen molar-refractivity contribution in [1.82, 2.24) is 10.2 Å². The Labute approximate surface area is 166 Å². The van der Waals surface area contributed by atoms with Gasteiger partial charge in [0.2, 0.25) is 0 Å². The van der Waals surface area contributed by atoms with Gasteiger partial charge >= 0.3 is 6.03 Å². The second kappa shape index (κ2) is 10.7. The van der Waals surface area contributed by atoms with Gasteiger partial charge in [-0.3, -0.25) is 4.90 Å². The van der Waals surface area contributed by atoms with Crippen molar-refractivity contribution in [2.75, 3.05) is 31.6 Å². The van der Waals surface area contributed by atoms with Crippen LogP contribution in [-0.4, -0.2) is 48.3 Å². The highest BCUT2D eigenvalue weighted by molar-refractivity contribution is 5.89. The van der Waals surface area contributed by atoms with E-state index in [0.717, 1.165) is 38.1 Å². The number of benzene rings is 2. The van der Waals surface area contributed by atoms with E-state index < -0.39 is 0 Å². The first kappa shape index (κ1) is 20.2. The molecule has 6 heteroatoms. The molecule has 2 aromatic rings. The highest BCUT2D eigenvalue weighted by atomic mass is 16.5. The predicted molar refractivity (Wildman–Crippen MR) is 111 cm³/mol. The van der Waals surface area contributed by atoms with Gasteiger partial charge in [0.05, 0.1) is 6.61 Å². The average Bonchev–Trinajstić information content (AvgIpc) is 3.16. The largest absolute Gasteiger partial charge is 0.457 e. The van der Waals surface area contributed by atoms with Crippen molar-refractivity contribution in [1.29, 1.82) is 0 Å². The summed E-state index contributed by atoms with van der Waals surface area (Å²) in [6, 6.07) is 17.0. The number of aliphatic hydroxyl groups is 1. The molecule has 1 atom stereocenters. The first-order valence-electron chi connectivity index (χ1n) is 9.97. The highest BCUT2D eigenvalue weighted by Crippen LogP contribution is 2.23. The van der Waals surface area contributed by atoms with Crippen LogP contribution < -0.4 is 15.4 Å². The summed E-state index contributed by atoms with van der Waals surface area (Å²) in [6.07, 6.45) is 4.18. The van der Waals surface area contributed by atoms with Gasteiger partial charge in [0.25, 0.3) is 0 Å². The molecule has 1 aliphatic rings. The van der Waals surface area contributed by atoms with Gasteiger partial charge in [-0.2, -0.15) is 0 Å². The first-order valence-corrected chi connectivity index (χ1v) is 9.97. The van der Waals surface area contributed by atoms with E-state index in [1.807, 2.05) is 48.5 Å². The van der Waals surface area contributed by atoms with Crippen LogP contribution in [0.15, 0.2) is 54.6 Å². The minimum atomic E-state index is -0.216. The lowest BCUT2D eigenvalue weighted by Gasteiger charge is -2.22. The molecule has 1 saturated heterocycles. The van der Waals surface area contributed by atoms with Crippen LogP contribution in [0.25, 0.3) is 0 Å². The maximum atomic E-state index is 12.1. The van der Waals surface area contributed by atoms with E-state index in [1.54, 1.807) is 6.07 Å². The van der Waals surface area contributed by atoms with Crippen LogP contribution in [0.4, 0.5) is 10.5 Å². The van der Waals surface area contributed by atoms with Crippen LogP contribution in [0.1, 0.15) is 25.7 Å². The minimum absolute atomic E-state index is 0.216. The zero-order chi connectivity index (χ0) is 19.6. The number of rotatable bonds is 9. The summed E-state index contributed by atoms with van der Waals surface area (Å²) in [5, 5.41) is 15.1. The van der Waals surface area contributed by atoms with Crippen LogP contribution >= 0.6 is 0 Å². The number of nitrogens with one attached hydrogen (secondary N) is 2. The number of aliphatic hydroxyl groups excluding tert-OH is 1. The van der Waals surface area contributed by atoms with Gasteiger partial charge in [-0.25, -0.2) is 4.79 Å².